The highest BCUT2D eigenvalue weighted by atomic mass is 19.1. The van der Waals surface area contributed by atoms with Crippen molar-refractivity contribution < 1.29 is 19.0 Å². The standard InChI is InChI=1S/C26H28FN7O3/c1-17-14-19(3-4-20(17)26(35)31-9-13-36-11-6-28)33-24-25-32-16-22(34(25)10-8-30-24)18-2-5-23(21(27)15-18)37-12-7-29/h2-5,8,10,14-16,26,31,35H,6,9,11-13,28H2,1H3,(H,30,33). The number of nitriles is 1. The van der Waals surface area contributed by atoms with Gasteiger partial charge in [-0.3, -0.25) is 9.72 Å². The van der Waals surface area contributed by atoms with Gasteiger partial charge in [0, 0.05) is 36.7 Å². The normalized spacial score (nSPS) is 11.9. The van der Waals surface area contributed by atoms with Crippen molar-refractivity contribution in [3.8, 4) is 23.1 Å². The third kappa shape index (κ3) is 6.19. The van der Waals surface area contributed by atoms with Gasteiger partial charge in [0.25, 0.3) is 0 Å². The van der Waals surface area contributed by atoms with Crippen LogP contribution in [0.3, 0.4) is 0 Å². The fourth-order valence-corrected chi connectivity index (χ4v) is 3.87. The first-order valence-electron chi connectivity index (χ1n) is 11.7. The van der Waals surface area contributed by atoms with E-state index in [1.165, 1.54) is 12.1 Å². The molecule has 37 heavy (non-hydrogen) atoms. The SMILES string of the molecule is Cc1cc(Nc2nccn3c(-c4ccc(OCC#N)c(F)c4)cnc23)ccc1C(O)NCCOCCN. The van der Waals surface area contributed by atoms with Gasteiger partial charge in [0.2, 0.25) is 0 Å². The summed E-state index contributed by atoms with van der Waals surface area (Å²) in [5.41, 5.74) is 9.64. The van der Waals surface area contributed by atoms with Gasteiger partial charge >= 0.3 is 0 Å². The van der Waals surface area contributed by atoms with Crippen molar-refractivity contribution in [2.24, 2.45) is 5.73 Å². The van der Waals surface area contributed by atoms with Crippen molar-refractivity contribution >= 4 is 17.2 Å². The number of nitrogens with zero attached hydrogens (tertiary/aromatic N) is 4. The fraction of sp³-hybridized carbons (Fsp3) is 0.269. The molecule has 0 saturated heterocycles. The molecule has 0 amide bonds. The molecular weight excluding hydrogens is 477 g/mol. The number of ether oxygens (including phenoxy) is 2. The zero-order valence-corrected chi connectivity index (χ0v) is 20.3. The number of aromatic nitrogens is 3. The number of aryl methyl sites for hydroxylation is 1. The summed E-state index contributed by atoms with van der Waals surface area (Å²) in [5, 5.41) is 25.4. The van der Waals surface area contributed by atoms with Crippen LogP contribution in [0, 0.1) is 24.1 Å². The second kappa shape index (κ2) is 12.2. The minimum atomic E-state index is -0.830. The van der Waals surface area contributed by atoms with Gasteiger partial charge < -0.3 is 25.6 Å². The smallest absolute Gasteiger partial charge is 0.180 e. The Balaban J connectivity index is 1.50. The summed E-state index contributed by atoms with van der Waals surface area (Å²) >= 11 is 0. The summed E-state index contributed by atoms with van der Waals surface area (Å²) < 4.78 is 26.7. The van der Waals surface area contributed by atoms with E-state index in [-0.39, 0.29) is 12.4 Å². The number of aliphatic hydroxyl groups excluding tert-OH is 1. The van der Waals surface area contributed by atoms with Crippen molar-refractivity contribution in [3.05, 3.63) is 71.9 Å². The Labute approximate surface area is 213 Å². The van der Waals surface area contributed by atoms with Crippen molar-refractivity contribution in [2.45, 2.75) is 13.2 Å². The maximum absolute atomic E-state index is 14.5. The van der Waals surface area contributed by atoms with Gasteiger partial charge in [-0.2, -0.15) is 5.26 Å². The Morgan fingerprint density at radius 3 is 2.84 bits per heavy atom. The predicted octanol–water partition coefficient (Wildman–Crippen LogP) is 3.05. The zero-order valence-electron chi connectivity index (χ0n) is 20.3. The van der Waals surface area contributed by atoms with Crippen LogP contribution in [0.15, 0.2) is 55.0 Å². The maximum Gasteiger partial charge on any atom is 0.180 e. The first-order valence-corrected chi connectivity index (χ1v) is 11.7. The van der Waals surface area contributed by atoms with Crippen LogP contribution < -0.4 is 21.1 Å². The van der Waals surface area contributed by atoms with Gasteiger partial charge in [-0.05, 0) is 48.4 Å². The number of nitrogens with two attached hydrogens (primary N) is 1. The monoisotopic (exact) mass is 505 g/mol. The van der Waals surface area contributed by atoms with Crippen molar-refractivity contribution in [1.82, 2.24) is 19.7 Å². The third-order valence-electron chi connectivity index (χ3n) is 5.62. The van der Waals surface area contributed by atoms with Crippen molar-refractivity contribution in [2.75, 3.05) is 38.2 Å². The first kappa shape index (κ1) is 26.0. The van der Waals surface area contributed by atoms with Crippen LogP contribution in [0.25, 0.3) is 16.9 Å². The molecule has 0 aliphatic heterocycles. The topological polar surface area (TPSA) is 143 Å². The van der Waals surface area contributed by atoms with E-state index in [1.807, 2.05) is 35.6 Å². The number of hydrogen-bond acceptors (Lipinski definition) is 9. The molecule has 4 rings (SSSR count). The summed E-state index contributed by atoms with van der Waals surface area (Å²) in [6.45, 7) is 3.58. The molecule has 11 heteroatoms. The molecule has 10 nitrogen and oxygen atoms in total. The number of rotatable bonds is 12. The summed E-state index contributed by atoms with van der Waals surface area (Å²) in [6.07, 6.45) is 4.18. The molecule has 4 aromatic rings. The van der Waals surface area contributed by atoms with Crippen LogP contribution in [0.2, 0.25) is 0 Å². The van der Waals surface area contributed by atoms with Crippen LogP contribution in [0.5, 0.6) is 5.75 Å². The van der Waals surface area contributed by atoms with Crippen molar-refractivity contribution in [1.29, 1.82) is 5.26 Å². The van der Waals surface area contributed by atoms with Gasteiger partial charge in [-0.15, -0.1) is 0 Å². The number of benzene rings is 2. The van der Waals surface area contributed by atoms with E-state index in [0.717, 1.165) is 16.8 Å². The number of halogens is 1. The number of aliphatic hydroxyl groups is 1. The number of imidazole rings is 1. The Bertz CT molecular complexity index is 1400. The molecule has 2 aromatic heterocycles. The average Bonchev–Trinajstić information content (AvgIpc) is 3.33. The minimum absolute atomic E-state index is 0.0159. The van der Waals surface area contributed by atoms with Crippen LogP contribution >= 0.6 is 0 Å². The fourth-order valence-electron chi connectivity index (χ4n) is 3.87. The number of nitrogens with one attached hydrogen (secondary N) is 2. The van der Waals surface area contributed by atoms with Crippen LogP contribution in [0.4, 0.5) is 15.9 Å². The maximum atomic E-state index is 14.5. The molecule has 0 aliphatic rings. The molecule has 0 saturated carbocycles. The van der Waals surface area contributed by atoms with E-state index in [2.05, 4.69) is 20.6 Å². The highest BCUT2D eigenvalue weighted by Crippen LogP contribution is 2.29. The molecular formula is C26H28FN7O3. The zero-order chi connectivity index (χ0) is 26.2. The Kier molecular flexibility index (Phi) is 8.60. The van der Waals surface area contributed by atoms with E-state index >= 15 is 0 Å². The average molecular weight is 506 g/mol. The minimum Gasteiger partial charge on any atom is -0.476 e. The Morgan fingerprint density at radius 1 is 1.22 bits per heavy atom. The lowest BCUT2D eigenvalue weighted by Gasteiger charge is -2.17. The predicted molar refractivity (Wildman–Crippen MR) is 137 cm³/mol. The lowest BCUT2D eigenvalue weighted by Crippen LogP contribution is -2.26. The van der Waals surface area contributed by atoms with E-state index in [1.54, 1.807) is 24.7 Å². The molecule has 0 fully saturated rings. The molecule has 0 aliphatic carbocycles. The summed E-state index contributed by atoms with van der Waals surface area (Å²) in [5.74, 6) is -0.0290. The highest BCUT2D eigenvalue weighted by Gasteiger charge is 2.14. The Morgan fingerprint density at radius 2 is 2.08 bits per heavy atom. The van der Waals surface area contributed by atoms with Gasteiger partial charge in [0.1, 0.15) is 12.3 Å². The highest BCUT2D eigenvalue weighted by molar-refractivity contribution is 5.74. The van der Waals surface area contributed by atoms with E-state index < -0.39 is 12.0 Å². The number of fused-ring (bicyclic) bond motifs is 1. The second-order valence-corrected chi connectivity index (χ2v) is 8.16. The van der Waals surface area contributed by atoms with Crippen LogP contribution in [0.1, 0.15) is 17.4 Å². The quantitative estimate of drug-likeness (QED) is 0.169. The van der Waals surface area contributed by atoms with Crippen LogP contribution in [-0.2, 0) is 4.74 Å². The molecule has 2 heterocycles. The molecule has 1 unspecified atom stereocenters. The molecule has 5 N–H and O–H groups in total. The van der Waals surface area contributed by atoms with Gasteiger partial charge in [0.15, 0.2) is 29.6 Å². The summed E-state index contributed by atoms with van der Waals surface area (Å²) in [4.78, 5) is 8.91. The molecule has 1 atom stereocenters. The molecule has 2 aromatic carbocycles. The molecule has 0 radical (unpaired) electrons. The van der Waals surface area contributed by atoms with Gasteiger partial charge in [0.05, 0.1) is 25.1 Å². The van der Waals surface area contributed by atoms with E-state index in [4.69, 9.17) is 20.5 Å². The lowest BCUT2D eigenvalue weighted by atomic mass is 10.1. The lowest BCUT2D eigenvalue weighted by molar-refractivity contribution is 0.102. The summed E-state index contributed by atoms with van der Waals surface area (Å²) in [7, 11) is 0. The third-order valence-corrected chi connectivity index (χ3v) is 5.62. The molecule has 0 spiro atoms. The van der Waals surface area contributed by atoms with Gasteiger partial charge in [-0.25, -0.2) is 14.4 Å². The molecule has 0 bridgehead atoms. The van der Waals surface area contributed by atoms with Gasteiger partial charge in [-0.1, -0.05) is 6.07 Å². The van der Waals surface area contributed by atoms with Crippen molar-refractivity contribution in [3.63, 3.8) is 0 Å². The molecule has 192 valence electrons. The summed E-state index contributed by atoms with van der Waals surface area (Å²) in [6, 6.07) is 12.0. The van der Waals surface area contributed by atoms with E-state index in [9.17, 15) is 9.50 Å². The number of anilines is 2. The first-order chi connectivity index (χ1) is 18.0. The van der Waals surface area contributed by atoms with Crippen LogP contribution in [-0.4, -0.2) is 52.4 Å². The second-order valence-electron chi connectivity index (χ2n) is 8.16. The Hall–Kier alpha value is -4.08. The van der Waals surface area contributed by atoms with E-state index in [0.29, 0.717) is 49.0 Å². The largest absolute Gasteiger partial charge is 0.476 e. The number of hydrogen-bond donors (Lipinski definition) is 4.